The Hall–Kier alpha value is -1.52. The molecule has 0 atom stereocenters. The van der Waals surface area contributed by atoms with E-state index >= 15 is 0 Å². The highest BCUT2D eigenvalue weighted by atomic mass is 19.4. The molecule has 69 valence electrons. The summed E-state index contributed by atoms with van der Waals surface area (Å²) >= 11 is 0. The Kier molecular flexibility index (Phi) is 2.55. The highest BCUT2D eigenvalue weighted by molar-refractivity contribution is 5.85. The van der Waals surface area contributed by atoms with Gasteiger partial charge in [0.25, 0.3) is 0 Å². The van der Waals surface area contributed by atoms with Gasteiger partial charge < -0.3 is 0 Å². The van der Waals surface area contributed by atoms with Gasteiger partial charge in [-0.15, -0.1) is 0 Å². The summed E-state index contributed by atoms with van der Waals surface area (Å²) in [5, 5.41) is 2.87. The average Bonchev–Trinajstić information content (AvgIpc) is 2.04. The standard InChI is InChI=1S/C8H5F3NO/c9-8(10,11)7(13)12-6-4-2-1-3-5-6/h1-5H. The van der Waals surface area contributed by atoms with Crippen molar-refractivity contribution in [2.24, 2.45) is 0 Å². The molecule has 0 aliphatic heterocycles. The number of rotatable bonds is 1. The monoisotopic (exact) mass is 188 g/mol. The predicted octanol–water partition coefficient (Wildman–Crippen LogP) is 2.01. The zero-order chi connectivity index (χ0) is 9.90. The van der Waals surface area contributed by atoms with Crippen LogP contribution in [0.1, 0.15) is 0 Å². The van der Waals surface area contributed by atoms with Crippen LogP contribution in [0, 0.1) is 0 Å². The molecule has 0 aliphatic carbocycles. The zero-order valence-electron chi connectivity index (χ0n) is 6.38. The quantitative estimate of drug-likeness (QED) is 0.663. The van der Waals surface area contributed by atoms with E-state index in [9.17, 15) is 18.0 Å². The molecular formula is C8H5F3NO. The van der Waals surface area contributed by atoms with Crippen LogP contribution in [0.25, 0.3) is 0 Å². The van der Waals surface area contributed by atoms with Gasteiger partial charge in [-0.2, -0.15) is 13.2 Å². The number of hydrogen-bond acceptors (Lipinski definition) is 1. The van der Waals surface area contributed by atoms with E-state index in [-0.39, 0.29) is 5.69 Å². The molecule has 0 saturated heterocycles. The van der Waals surface area contributed by atoms with Crippen LogP contribution in [0.15, 0.2) is 30.3 Å². The van der Waals surface area contributed by atoms with Gasteiger partial charge in [-0.25, -0.2) is 5.32 Å². The first-order chi connectivity index (χ1) is 6.00. The summed E-state index contributed by atoms with van der Waals surface area (Å²) in [7, 11) is 0. The molecule has 0 aromatic heterocycles. The molecule has 1 aromatic rings. The van der Waals surface area contributed by atoms with Crippen molar-refractivity contribution < 1.29 is 18.0 Å². The van der Waals surface area contributed by atoms with Crippen LogP contribution in [0.4, 0.5) is 18.9 Å². The van der Waals surface area contributed by atoms with E-state index in [1.165, 1.54) is 24.3 Å². The first kappa shape index (κ1) is 9.57. The maximum absolute atomic E-state index is 11.7. The SMILES string of the molecule is O=C([N]c1ccccc1)C(F)(F)F. The molecular weight excluding hydrogens is 183 g/mol. The number of alkyl halides is 3. The lowest BCUT2D eigenvalue weighted by molar-refractivity contribution is -0.172. The van der Waals surface area contributed by atoms with Crippen LogP contribution < -0.4 is 5.32 Å². The lowest BCUT2D eigenvalue weighted by Gasteiger charge is -2.03. The lowest BCUT2D eigenvalue weighted by atomic mass is 10.3. The van der Waals surface area contributed by atoms with Gasteiger partial charge in [0, 0.05) is 0 Å². The third-order valence-electron chi connectivity index (χ3n) is 1.23. The molecule has 1 radical (unpaired) electrons. The molecule has 1 rings (SSSR count). The fourth-order valence-electron chi connectivity index (χ4n) is 0.683. The number of hydrogen-bond donors (Lipinski definition) is 0. The Morgan fingerprint density at radius 2 is 1.69 bits per heavy atom. The molecule has 1 amide bonds. The minimum atomic E-state index is -4.89. The summed E-state index contributed by atoms with van der Waals surface area (Å²) in [6.45, 7) is 0. The van der Waals surface area contributed by atoms with Gasteiger partial charge in [0.05, 0.1) is 5.69 Å². The van der Waals surface area contributed by atoms with E-state index in [0.717, 1.165) is 0 Å². The molecule has 0 aliphatic rings. The molecule has 0 N–H and O–H groups in total. The largest absolute Gasteiger partial charge is 0.473 e. The topological polar surface area (TPSA) is 31.2 Å². The van der Waals surface area contributed by atoms with Gasteiger partial charge in [-0.1, -0.05) is 18.2 Å². The van der Waals surface area contributed by atoms with E-state index in [1.807, 2.05) is 0 Å². The van der Waals surface area contributed by atoms with E-state index in [4.69, 9.17) is 0 Å². The number of halogens is 3. The molecule has 0 unspecified atom stereocenters. The van der Waals surface area contributed by atoms with Crippen LogP contribution in [-0.2, 0) is 4.79 Å². The minimum Gasteiger partial charge on any atom is -0.262 e. The number of para-hydroxylation sites is 1. The first-order valence-electron chi connectivity index (χ1n) is 3.38. The van der Waals surface area contributed by atoms with Crippen molar-refractivity contribution in [1.82, 2.24) is 5.32 Å². The molecule has 13 heavy (non-hydrogen) atoms. The van der Waals surface area contributed by atoms with Gasteiger partial charge >= 0.3 is 12.1 Å². The molecule has 0 fully saturated rings. The second-order valence-electron chi connectivity index (χ2n) is 2.25. The van der Waals surface area contributed by atoms with Crippen LogP contribution in [0.5, 0.6) is 0 Å². The molecule has 5 heteroatoms. The van der Waals surface area contributed by atoms with Gasteiger partial charge in [-0.05, 0) is 12.1 Å². The van der Waals surface area contributed by atoms with E-state index in [1.54, 1.807) is 6.07 Å². The Labute approximate surface area is 72.4 Å². The highest BCUT2D eigenvalue weighted by Crippen LogP contribution is 2.17. The van der Waals surface area contributed by atoms with E-state index in [0.29, 0.717) is 0 Å². The summed E-state index contributed by atoms with van der Waals surface area (Å²) in [5.41, 5.74) is 0.00447. The fourth-order valence-corrected chi connectivity index (χ4v) is 0.683. The van der Waals surface area contributed by atoms with Crippen LogP contribution in [-0.4, -0.2) is 12.1 Å². The van der Waals surface area contributed by atoms with Gasteiger partial charge in [0.1, 0.15) is 0 Å². The smallest absolute Gasteiger partial charge is 0.262 e. The predicted molar refractivity (Wildman–Crippen MR) is 39.3 cm³/mol. The van der Waals surface area contributed by atoms with Crippen molar-refractivity contribution in [3.05, 3.63) is 30.3 Å². The third kappa shape index (κ3) is 2.77. The van der Waals surface area contributed by atoms with Crippen LogP contribution in [0.3, 0.4) is 0 Å². The highest BCUT2D eigenvalue weighted by Gasteiger charge is 2.39. The molecule has 2 nitrogen and oxygen atoms in total. The maximum Gasteiger partial charge on any atom is 0.473 e. The summed E-state index contributed by atoms with van der Waals surface area (Å²) < 4.78 is 35.1. The Bertz CT molecular complexity index is 294. The fraction of sp³-hybridized carbons (Fsp3) is 0.125. The molecule has 0 saturated carbocycles. The molecule has 0 heterocycles. The van der Waals surface area contributed by atoms with Gasteiger partial charge in [-0.3, -0.25) is 4.79 Å². The maximum atomic E-state index is 11.7. The summed E-state index contributed by atoms with van der Waals surface area (Å²) in [4.78, 5) is 10.3. The van der Waals surface area contributed by atoms with E-state index in [2.05, 4.69) is 5.32 Å². The number of nitrogens with zero attached hydrogens (tertiary/aromatic N) is 1. The Morgan fingerprint density at radius 1 is 1.15 bits per heavy atom. The minimum absolute atomic E-state index is 0.00447. The number of amides is 1. The average molecular weight is 188 g/mol. The molecule has 1 aromatic carbocycles. The third-order valence-corrected chi connectivity index (χ3v) is 1.23. The van der Waals surface area contributed by atoms with Crippen molar-refractivity contribution >= 4 is 11.6 Å². The van der Waals surface area contributed by atoms with E-state index < -0.39 is 12.1 Å². The Morgan fingerprint density at radius 3 is 2.15 bits per heavy atom. The van der Waals surface area contributed by atoms with Crippen molar-refractivity contribution in [3.63, 3.8) is 0 Å². The summed E-state index contributed by atoms with van der Waals surface area (Å²) in [6, 6.07) is 7.27. The van der Waals surface area contributed by atoms with Crippen LogP contribution in [0.2, 0.25) is 0 Å². The molecule has 0 bridgehead atoms. The molecule has 0 spiro atoms. The van der Waals surface area contributed by atoms with Crippen LogP contribution >= 0.6 is 0 Å². The second-order valence-corrected chi connectivity index (χ2v) is 2.25. The van der Waals surface area contributed by atoms with Crippen molar-refractivity contribution in [3.8, 4) is 0 Å². The van der Waals surface area contributed by atoms with Gasteiger partial charge in [0.15, 0.2) is 0 Å². The first-order valence-corrected chi connectivity index (χ1v) is 3.38. The van der Waals surface area contributed by atoms with Crippen molar-refractivity contribution in [2.75, 3.05) is 0 Å². The summed E-state index contributed by atoms with van der Waals surface area (Å²) in [5.74, 6) is -2.08. The second kappa shape index (κ2) is 3.47. The Balaban J connectivity index is 2.66. The zero-order valence-corrected chi connectivity index (χ0v) is 6.38. The number of benzene rings is 1. The lowest BCUT2D eigenvalue weighted by Crippen LogP contribution is -2.29. The number of carbonyl (C=O) groups excluding carboxylic acids is 1. The number of carbonyl (C=O) groups is 1. The normalized spacial score (nSPS) is 11.0. The van der Waals surface area contributed by atoms with Crippen molar-refractivity contribution in [2.45, 2.75) is 6.18 Å². The summed E-state index contributed by atoms with van der Waals surface area (Å²) in [6.07, 6.45) is -4.89. The van der Waals surface area contributed by atoms with Crippen molar-refractivity contribution in [1.29, 1.82) is 0 Å². The van der Waals surface area contributed by atoms with Gasteiger partial charge in [0.2, 0.25) is 0 Å².